The van der Waals surface area contributed by atoms with Crippen molar-refractivity contribution in [3.8, 4) is 0 Å². The fourth-order valence-corrected chi connectivity index (χ4v) is 2.18. The zero-order valence-electron chi connectivity index (χ0n) is 11.2. The van der Waals surface area contributed by atoms with Crippen LogP contribution in [0.5, 0.6) is 0 Å². The van der Waals surface area contributed by atoms with Crippen molar-refractivity contribution in [3.63, 3.8) is 0 Å². The number of hydrogen-bond acceptors (Lipinski definition) is 3. The predicted molar refractivity (Wildman–Crippen MR) is 75.8 cm³/mol. The number of rotatable bonds is 4. The number of esters is 1. The van der Waals surface area contributed by atoms with Crippen LogP contribution in [0.25, 0.3) is 11.1 Å². The van der Waals surface area contributed by atoms with E-state index in [1.807, 2.05) is 24.3 Å². The predicted octanol–water partition coefficient (Wildman–Crippen LogP) is 3.53. The molecule has 1 aromatic carbocycles. The van der Waals surface area contributed by atoms with Crippen molar-refractivity contribution < 1.29 is 13.9 Å². The van der Waals surface area contributed by atoms with Gasteiger partial charge in [0.25, 0.3) is 0 Å². The molecule has 102 valence electrons. The van der Waals surface area contributed by atoms with Crippen LogP contribution in [0.1, 0.15) is 28.7 Å². The fourth-order valence-electron chi connectivity index (χ4n) is 2.18. The maximum absolute atomic E-state index is 11.6. The monoisotopic (exact) mass is 269 g/mol. The minimum absolute atomic E-state index is 0.358. The number of hydrogen-bond donors (Lipinski definition) is 1. The van der Waals surface area contributed by atoms with Gasteiger partial charge in [-0.2, -0.15) is 0 Å². The van der Waals surface area contributed by atoms with Crippen molar-refractivity contribution in [1.82, 2.24) is 4.98 Å². The molecular weight excluding hydrogens is 254 g/mol. The molecule has 4 heteroatoms. The second-order valence-corrected chi connectivity index (χ2v) is 4.56. The Morgan fingerprint density at radius 3 is 2.75 bits per heavy atom. The quantitative estimate of drug-likeness (QED) is 0.737. The van der Waals surface area contributed by atoms with Crippen LogP contribution in [0.4, 0.5) is 0 Å². The molecule has 0 spiro atoms. The Kier molecular flexibility index (Phi) is 3.29. The first-order chi connectivity index (χ1) is 9.76. The third-order valence-corrected chi connectivity index (χ3v) is 3.07. The van der Waals surface area contributed by atoms with E-state index in [0.29, 0.717) is 17.9 Å². The number of benzene rings is 1. The van der Waals surface area contributed by atoms with Gasteiger partial charge < -0.3 is 14.1 Å². The van der Waals surface area contributed by atoms with Crippen molar-refractivity contribution >= 4 is 17.1 Å². The highest BCUT2D eigenvalue weighted by atomic mass is 16.5. The molecule has 3 aromatic rings. The van der Waals surface area contributed by atoms with Gasteiger partial charge in [-0.05, 0) is 12.5 Å². The molecule has 2 aromatic heterocycles. The van der Waals surface area contributed by atoms with Crippen molar-refractivity contribution in [1.29, 1.82) is 0 Å². The van der Waals surface area contributed by atoms with E-state index in [4.69, 9.17) is 9.15 Å². The molecule has 0 fully saturated rings. The molecule has 0 aliphatic heterocycles. The average Bonchev–Trinajstić information content (AvgIpc) is 2.98. The molecule has 0 bridgehead atoms. The Hall–Kier alpha value is -2.49. The Bertz CT molecular complexity index is 693. The van der Waals surface area contributed by atoms with Gasteiger partial charge in [0.15, 0.2) is 5.58 Å². The molecular formula is C16H15NO3. The van der Waals surface area contributed by atoms with Crippen LogP contribution in [-0.4, -0.2) is 17.6 Å². The first kappa shape index (κ1) is 12.5. The van der Waals surface area contributed by atoms with Crippen molar-refractivity contribution in [2.75, 3.05) is 6.61 Å². The van der Waals surface area contributed by atoms with Crippen LogP contribution < -0.4 is 0 Å². The highest BCUT2D eigenvalue weighted by molar-refractivity contribution is 5.93. The minimum atomic E-state index is -0.358. The molecule has 0 saturated heterocycles. The van der Waals surface area contributed by atoms with Crippen LogP contribution >= 0.6 is 0 Å². The van der Waals surface area contributed by atoms with Gasteiger partial charge in [-0.1, -0.05) is 30.3 Å². The first-order valence-corrected chi connectivity index (χ1v) is 6.58. The van der Waals surface area contributed by atoms with E-state index in [9.17, 15) is 4.79 Å². The van der Waals surface area contributed by atoms with E-state index in [2.05, 4.69) is 17.1 Å². The Labute approximate surface area is 116 Å². The summed E-state index contributed by atoms with van der Waals surface area (Å²) >= 11 is 0. The number of aromatic amines is 1. The molecule has 20 heavy (non-hydrogen) atoms. The van der Waals surface area contributed by atoms with Gasteiger partial charge in [-0.15, -0.1) is 0 Å². The van der Waals surface area contributed by atoms with Crippen molar-refractivity contribution in [2.45, 2.75) is 13.3 Å². The number of aromatic nitrogens is 1. The fraction of sp³-hybridized carbons (Fsp3) is 0.188. The summed E-state index contributed by atoms with van der Waals surface area (Å²) in [5.74, 6) is 0.511. The summed E-state index contributed by atoms with van der Waals surface area (Å²) < 4.78 is 10.7. The van der Waals surface area contributed by atoms with E-state index in [1.165, 1.54) is 5.56 Å². The number of carbonyl (C=O) groups is 1. The number of nitrogens with one attached hydrogen (secondary N) is 1. The lowest BCUT2D eigenvalue weighted by molar-refractivity contribution is 0.0520. The zero-order valence-corrected chi connectivity index (χ0v) is 11.2. The molecule has 4 nitrogen and oxygen atoms in total. The highest BCUT2D eigenvalue weighted by Crippen LogP contribution is 2.22. The Morgan fingerprint density at radius 2 is 2.05 bits per heavy atom. The summed E-state index contributed by atoms with van der Waals surface area (Å²) in [7, 11) is 0. The standard InChI is InChI=1S/C16H15NO3/c1-2-19-16(18)14-10-15-13(17-14)9-12(20-15)8-11-6-4-3-5-7-11/h3-7,9-10,17H,2,8H2,1H3. The molecule has 0 radical (unpaired) electrons. The Morgan fingerprint density at radius 1 is 1.25 bits per heavy atom. The smallest absolute Gasteiger partial charge is 0.354 e. The van der Waals surface area contributed by atoms with E-state index in [0.717, 1.165) is 17.7 Å². The molecule has 0 aliphatic rings. The lowest BCUT2D eigenvalue weighted by Gasteiger charge is -1.98. The number of ether oxygens (including phenoxy) is 1. The van der Waals surface area contributed by atoms with E-state index >= 15 is 0 Å². The maximum Gasteiger partial charge on any atom is 0.354 e. The summed E-state index contributed by atoms with van der Waals surface area (Å²) in [5.41, 5.74) is 3.11. The molecule has 3 rings (SSSR count). The normalized spacial score (nSPS) is 10.8. The van der Waals surface area contributed by atoms with Gasteiger partial charge >= 0.3 is 5.97 Å². The Balaban J connectivity index is 1.82. The average molecular weight is 269 g/mol. The van der Waals surface area contributed by atoms with E-state index in [-0.39, 0.29) is 5.97 Å². The van der Waals surface area contributed by atoms with Crippen molar-refractivity contribution in [3.05, 3.63) is 59.5 Å². The molecule has 1 N–H and O–H groups in total. The second kappa shape index (κ2) is 5.25. The van der Waals surface area contributed by atoms with Gasteiger partial charge in [0, 0.05) is 18.6 Å². The molecule has 0 saturated carbocycles. The van der Waals surface area contributed by atoms with Crippen LogP contribution in [0.2, 0.25) is 0 Å². The summed E-state index contributed by atoms with van der Waals surface area (Å²) in [6.07, 6.45) is 0.734. The summed E-state index contributed by atoms with van der Waals surface area (Å²) in [6.45, 7) is 2.14. The topological polar surface area (TPSA) is 55.2 Å². The zero-order chi connectivity index (χ0) is 13.9. The lowest BCUT2D eigenvalue weighted by Crippen LogP contribution is -2.04. The minimum Gasteiger partial charge on any atom is -0.461 e. The van der Waals surface area contributed by atoms with E-state index < -0.39 is 0 Å². The third-order valence-electron chi connectivity index (χ3n) is 3.07. The van der Waals surface area contributed by atoms with Gasteiger partial charge in [-0.25, -0.2) is 4.79 Å². The summed E-state index contributed by atoms with van der Waals surface area (Å²) in [5, 5.41) is 0. The van der Waals surface area contributed by atoms with Crippen LogP contribution in [0.3, 0.4) is 0 Å². The van der Waals surface area contributed by atoms with Crippen LogP contribution in [0.15, 0.2) is 46.9 Å². The maximum atomic E-state index is 11.6. The molecule has 0 atom stereocenters. The molecule has 0 amide bonds. The van der Waals surface area contributed by atoms with Crippen LogP contribution in [-0.2, 0) is 11.2 Å². The van der Waals surface area contributed by atoms with Gasteiger partial charge in [0.05, 0.1) is 12.1 Å². The van der Waals surface area contributed by atoms with E-state index in [1.54, 1.807) is 13.0 Å². The first-order valence-electron chi connectivity index (χ1n) is 6.58. The molecule has 2 heterocycles. The summed E-state index contributed by atoms with van der Waals surface area (Å²) in [4.78, 5) is 14.6. The summed E-state index contributed by atoms with van der Waals surface area (Å²) in [6, 6.07) is 13.7. The number of H-pyrrole nitrogens is 1. The number of fused-ring (bicyclic) bond motifs is 1. The second-order valence-electron chi connectivity index (χ2n) is 4.56. The van der Waals surface area contributed by atoms with Gasteiger partial charge in [-0.3, -0.25) is 0 Å². The highest BCUT2D eigenvalue weighted by Gasteiger charge is 2.13. The SMILES string of the molecule is CCOC(=O)c1cc2oc(Cc3ccccc3)cc2[nH]1. The largest absolute Gasteiger partial charge is 0.461 e. The van der Waals surface area contributed by atoms with Gasteiger partial charge in [0.2, 0.25) is 0 Å². The van der Waals surface area contributed by atoms with Gasteiger partial charge in [0.1, 0.15) is 11.5 Å². The van der Waals surface area contributed by atoms with Crippen LogP contribution in [0, 0.1) is 0 Å². The number of furan rings is 1. The number of carbonyl (C=O) groups excluding carboxylic acids is 1. The molecule has 0 unspecified atom stereocenters. The van der Waals surface area contributed by atoms with Crippen molar-refractivity contribution in [2.24, 2.45) is 0 Å². The third kappa shape index (κ3) is 2.45. The lowest BCUT2D eigenvalue weighted by atomic mass is 10.1. The molecule has 0 aliphatic carbocycles.